The molecule has 0 spiro atoms. The van der Waals surface area contributed by atoms with Gasteiger partial charge in [-0.15, -0.1) is 6.58 Å². The molecule has 0 N–H and O–H groups in total. The molecule has 0 aliphatic heterocycles. The van der Waals surface area contributed by atoms with Crippen LogP contribution in [0.3, 0.4) is 0 Å². The minimum atomic E-state index is 0.287. The van der Waals surface area contributed by atoms with Gasteiger partial charge >= 0.3 is 0 Å². The minimum absolute atomic E-state index is 0.287. The van der Waals surface area contributed by atoms with Crippen LogP contribution in [-0.2, 0) is 4.74 Å². The van der Waals surface area contributed by atoms with Crippen LogP contribution in [0.4, 0.5) is 0 Å². The molecular weight excluding hydrogens is 240 g/mol. The van der Waals surface area contributed by atoms with E-state index in [-0.39, 0.29) is 6.10 Å². The zero-order valence-corrected chi connectivity index (χ0v) is 10.3. The summed E-state index contributed by atoms with van der Waals surface area (Å²) in [4.78, 5) is 0. The molecule has 0 heterocycles. The lowest BCUT2D eigenvalue weighted by atomic mass is 10.0. The first-order chi connectivity index (χ1) is 6.84. The molecular formula is C12H19BrO. The molecule has 0 amide bonds. The third-order valence-corrected chi connectivity index (χ3v) is 3.29. The highest BCUT2D eigenvalue weighted by Crippen LogP contribution is 2.24. The van der Waals surface area contributed by atoms with E-state index in [1.54, 1.807) is 0 Å². The Morgan fingerprint density at radius 1 is 1.50 bits per heavy atom. The minimum Gasteiger partial charge on any atom is -0.373 e. The quantitative estimate of drug-likeness (QED) is 0.543. The molecule has 14 heavy (non-hydrogen) atoms. The summed E-state index contributed by atoms with van der Waals surface area (Å²) in [6, 6.07) is 0. The van der Waals surface area contributed by atoms with Gasteiger partial charge in [0.05, 0.1) is 12.7 Å². The van der Waals surface area contributed by atoms with Gasteiger partial charge in [-0.2, -0.15) is 0 Å². The Morgan fingerprint density at radius 3 is 3.14 bits per heavy atom. The van der Waals surface area contributed by atoms with Gasteiger partial charge < -0.3 is 4.74 Å². The zero-order chi connectivity index (χ0) is 10.2. The van der Waals surface area contributed by atoms with Crippen molar-refractivity contribution >= 4 is 15.9 Å². The van der Waals surface area contributed by atoms with Crippen molar-refractivity contribution in [1.29, 1.82) is 0 Å². The van der Waals surface area contributed by atoms with Crippen LogP contribution in [0.15, 0.2) is 23.2 Å². The van der Waals surface area contributed by atoms with E-state index < -0.39 is 0 Å². The summed E-state index contributed by atoms with van der Waals surface area (Å²) < 4.78 is 7.02. The Kier molecular flexibility index (Phi) is 6.20. The monoisotopic (exact) mass is 258 g/mol. The van der Waals surface area contributed by atoms with Gasteiger partial charge in [0.2, 0.25) is 0 Å². The molecule has 1 unspecified atom stereocenters. The maximum absolute atomic E-state index is 5.78. The Hall–Kier alpha value is -0.0800. The van der Waals surface area contributed by atoms with Crippen LogP contribution < -0.4 is 0 Å². The van der Waals surface area contributed by atoms with Crippen molar-refractivity contribution in [2.75, 3.05) is 6.61 Å². The molecule has 1 rings (SSSR count). The fraction of sp³-hybridized carbons (Fsp3) is 0.667. The number of hydrogen-bond donors (Lipinski definition) is 0. The molecule has 0 radical (unpaired) electrons. The van der Waals surface area contributed by atoms with Crippen molar-refractivity contribution in [3.05, 3.63) is 23.2 Å². The first-order valence-corrected chi connectivity index (χ1v) is 6.22. The van der Waals surface area contributed by atoms with Gasteiger partial charge in [-0.3, -0.25) is 0 Å². The summed E-state index contributed by atoms with van der Waals surface area (Å²) in [6.07, 6.45) is 11.6. The standard InChI is InChI=1S/C12H19BrO/c1-2-3-10-14-12-9-7-5-4-6-8-11(12)13/h2,8,12H,1,3-7,9-10H2/b11-8-. The van der Waals surface area contributed by atoms with Gasteiger partial charge in [-0.05, 0) is 25.7 Å². The Labute approximate surface area is 95.3 Å². The lowest BCUT2D eigenvalue weighted by molar-refractivity contribution is 0.0783. The smallest absolute Gasteiger partial charge is 0.0886 e. The van der Waals surface area contributed by atoms with Gasteiger partial charge in [0.1, 0.15) is 0 Å². The average Bonchev–Trinajstić information content (AvgIpc) is 2.17. The van der Waals surface area contributed by atoms with Crippen LogP contribution in [0.5, 0.6) is 0 Å². The van der Waals surface area contributed by atoms with Crippen molar-refractivity contribution in [3.8, 4) is 0 Å². The molecule has 0 fully saturated rings. The fourth-order valence-electron chi connectivity index (χ4n) is 1.62. The molecule has 1 atom stereocenters. The van der Waals surface area contributed by atoms with Gasteiger partial charge in [0.25, 0.3) is 0 Å². The van der Waals surface area contributed by atoms with Crippen molar-refractivity contribution in [1.82, 2.24) is 0 Å². The molecule has 1 aliphatic rings. The van der Waals surface area contributed by atoms with E-state index in [0.717, 1.165) is 19.4 Å². The van der Waals surface area contributed by atoms with Crippen molar-refractivity contribution in [2.24, 2.45) is 0 Å². The number of hydrogen-bond acceptors (Lipinski definition) is 1. The lowest BCUT2D eigenvalue weighted by Gasteiger charge is -2.19. The second kappa shape index (κ2) is 7.24. The second-order valence-corrected chi connectivity index (χ2v) is 4.58. The SMILES string of the molecule is C=CCCOC1CCCCC/C=C/1Br. The summed E-state index contributed by atoms with van der Waals surface area (Å²) in [7, 11) is 0. The molecule has 0 aromatic rings. The van der Waals surface area contributed by atoms with Crippen LogP contribution in [-0.4, -0.2) is 12.7 Å². The molecule has 0 saturated carbocycles. The highest BCUT2D eigenvalue weighted by atomic mass is 79.9. The van der Waals surface area contributed by atoms with Crippen LogP contribution in [0.1, 0.15) is 38.5 Å². The van der Waals surface area contributed by atoms with E-state index >= 15 is 0 Å². The lowest BCUT2D eigenvalue weighted by Crippen LogP contribution is -2.15. The molecule has 1 aliphatic carbocycles. The van der Waals surface area contributed by atoms with E-state index in [9.17, 15) is 0 Å². The van der Waals surface area contributed by atoms with E-state index in [4.69, 9.17) is 4.74 Å². The van der Waals surface area contributed by atoms with Gasteiger partial charge in [0, 0.05) is 4.48 Å². The zero-order valence-electron chi connectivity index (χ0n) is 8.68. The largest absolute Gasteiger partial charge is 0.373 e. The van der Waals surface area contributed by atoms with Gasteiger partial charge in [-0.1, -0.05) is 40.9 Å². The third-order valence-electron chi connectivity index (χ3n) is 2.46. The summed E-state index contributed by atoms with van der Waals surface area (Å²) >= 11 is 3.60. The normalized spacial score (nSPS) is 27.2. The average molecular weight is 259 g/mol. The molecule has 0 aromatic heterocycles. The summed E-state index contributed by atoms with van der Waals surface area (Å²) in [5.74, 6) is 0. The Balaban J connectivity index is 2.37. The summed E-state index contributed by atoms with van der Waals surface area (Å²) in [5, 5.41) is 0. The maximum Gasteiger partial charge on any atom is 0.0886 e. The fourth-order valence-corrected chi connectivity index (χ4v) is 2.21. The Morgan fingerprint density at radius 2 is 2.36 bits per heavy atom. The van der Waals surface area contributed by atoms with E-state index in [1.165, 1.54) is 30.2 Å². The van der Waals surface area contributed by atoms with Crippen molar-refractivity contribution in [3.63, 3.8) is 0 Å². The van der Waals surface area contributed by atoms with Gasteiger partial charge in [-0.25, -0.2) is 0 Å². The first-order valence-electron chi connectivity index (χ1n) is 5.42. The molecule has 0 aromatic carbocycles. The van der Waals surface area contributed by atoms with Crippen LogP contribution in [0.2, 0.25) is 0 Å². The molecule has 1 nitrogen and oxygen atoms in total. The summed E-state index contributed by atoms with van der Waals surface area (Å²) in [6.45, 7) is 4.48. The van der Waals surface area contributed by atoms with E-state index in [0.29, 0.717) is 0 Å². The molecule has 0 saturated heterocycles. The number of halogens is 1. The number of allylic oxidation sites excluding steroid dienone is 1. The second-order valence-electron chi connectivity index (χ2n) is 3.66. The highest BCUT2D eigenvalue weighted by Gasteiger charge is 2.13. The number of ether oxygens (including phenoxy) is 1. The predicted octanol–water partition coefficient (Wildman–Crippen LogP) is 4.19. The molecule has 80 valence electrons. The van der Waals surface area contributed by atoms with Crippen molar-refractivity contribution < 1.29 is 4.74 Å². The van der Waals surface area contributed by atoms with E-state index in [2.05, 4.69) is 28.6 Å². The van der Waals surface area contributed by atoms with E-state index in [1.807, 2.05) is 6.08 Å². The number of rotatable bonds is 4. The third kappa shape index (κ3) is 4.43. The summed E-state index contributed by atoms with van der Waals surface area (Å²) in [5.41, 5.74) is 0. The molecule has 0 bridgehead atoms. The maximum atomic E-state index is 5.78. The van der Waals surface area contributed by atoms with Crippen molar-refractivity contribution in [2.45, 2.75) is 44.6 Å². The first kappa shape index (κ1) is 12.0. The van der Waals surface area contributed by atoms with Crippen LogP contribution in [0.25, 0.3) is 0 Å². The van der Waals surface area contributed by atoms with Crippen LogP contribution in [0, 0.1) is 0 Å². The molecule has 2 heteroatoms. The van der Waals surface area contributed by atoms with Crippen LogP contribution >= 0.6 is 15.9 Å². The Bertz CT molecular complexity index is 198. The highest BCUT2D eigenvalue weighted by molar-refractivity contribution is 9.11. The van der Waals surface area contributed by atoms with Gasteiger partial charge in [0.15, 0.2) is 0 Å². The predicted molar refractivity (Wildman–Crippen MR) is 64.6 cm³/mol. The topological polar surface area (TPSA) is 9.23 Å².